The van der Waals surface area contributed by atoms with Gasteiger partial charge in [0.2, 0.25) is 0 Å². The molecule has 0 amide bonds. The van der Waals surface area contributed by atoms with Gasteiger partial charge in [0.1, 0.15) is 11.6 Å². The number of aromatic amines is 1. The minimum Gasteiger partial charge on any atom is -0.360 e. The molecule has 2 heterocycles. The molecule has 2 aromatic heterocycles. The minimum atomic E-state index is 0.119. The highest BCUT2D eigenvalue weighted by Gasteiger charge is 2.14. The molecular formula is C14H20N4. The van der Waals surface area contributed by atoms with Crippen LogP contribution < -0.4 is 5.32 Å². The van der Waals surface area contributed by atoms with E-state index in [1.54, 1.807) is 6.20 Å². The van der Waals surface area contributed by atoms with Gasteiger partial charge in [-0.05, 0) is 24.0 Å². The lowest BCUT2D eigenvalue weighted by Crippen LogP contribution is -2.13. The first-order chi connectivity index (χ1) is 8.47. The van der Waals surface area contributed by atoms with Gasteiger partial charge in [-0.1, -0.05) is 26.8 Å². The van der Waals surface area contributed by atoms with Crippen molar-refractivity contribution in [3.05, 3.63) is 42.1 Å². The van der Waals surface area contributed by atoms with Crippen LogP contribution >= 0.6 is 0 Å². The van der Waals surface area contributed by atoms with E-state index >= 15 is 0 Å². The van der Waals surface area contributed by atoms with Crippen LogP contribution in [0.2, 0.25) is 0 Å². The summed E-state index contributed by atoms with van der Waals surface area (Å²) in [6.45, 7) is 8.60. The van der Waals surface area contributed by atoms with Gasteiger partial charge in [0, 0.05) is 18.6 Å². The van der Waals surface area contributed by atoms with Crippen LogP contribution in [0, 0.1) is 0 Å². The monoisotopic (exact) mass is 244 g/mol. The molecule has 96 valence electrons. The van der Waals surface area contributed by atoms with Gasteiger partial charge < -0.3 is 10.3 Å². The van der Waals surface area contributed by atoms with Crippen molar-refractivity contribution in [1.29, 1.82) is 0 Å². The lowest BCUT2D eigenvalue weighted by molar-refractivity contribution is 0.587. The second-order valence-electron chi connectivity index (χ2n) is 5.52. The van der Waals surface area contributed by atoms with Crippen molar-refractivity contribution in [3.8, 4) is 0 Å². The number of imidazole rings is 1. The molecule has 0 aromatic carbocycles. The number of rotatable bonds is 3. The van der Waals surface area contributed by atoms with Gasteiger partial charge in [-0.3, -0.25) is 0 Å². The summed E-state index contributed by atoms with van der Waals surface area (Å²) in [4.78, 5) is 11.8. The molecule has 0 saturated heterocycles. The van der Waals surface area contributed by atoms with Gasteiger partial charge in [0.25, 0.3) is 0 Å². The molecular weight excluding hydrogens is 224 g/mol. The van der Waals surface area contributed by atoms with Crippen molar-refractivity contribution in [3.63, 3.8) is 0 Å². The highest BCUT2D eigenvalue weighted by molar-refractivity contribution is 5.38. The zero-order valence-corrected chi connectivity index (χ0v) is 11.4. The number of hydrogen-bond donors (Lipinski definition) is 2. The fourth-order valence-corrected chi connectivity index (χ4v) is 1.73. The van der Waals surface area contributed by atoms with Crippen molar-refractivity contribution < 1.29 is 0 Å². The van der Waals surface area contributed by atoms with E-state index in [9.17, 15) is 0 Å². The Morgan fingerprint density at radius 3 is 2.50 bits per heavy atom. The summed E-state index contributed by atoms with van der Waals surface area (Å²) in [6, 6.07) is 4.25. The number of hydrogen-bond acceptors (Lipinski definition) is 3. The van der Waals surface area contributed by atoms with Gasteiger partial charge in [-0.25, -0.2) is 9.97 Å². The molecule has 2 aromatic rings. The van der Waals surface area contributed by atoms with Gasteiger partial charge in [-0.15, -0.1) is 0 Å². The third-order valence-corrected chi connectivity index (χ3v) is 2.92. The Bertz CT molecular complexity index is 480. The van der Waals surface area contributed by atoms with E-state index in [0.717, 1.165) is 11.6 Å². The first-order valence-corrected chi connectivity index (χ1v) is 6.19. The van der Waals surface area contributed by atoms with Crippen molar-refractivity contribution >= 4 is 5.82 Å². The van der Waals surface area contributed by atoms with E-state index in [0.29, 0.717) is 0 Å². The van der Waals surface area contributed by atoms with Crippen LogP contribution in [0.5, 0.6) is 0 Å². The first kappa shape index (κ1) is 12.6. The normalized spacial score (nSPS) is 13.3. The number of nitrogens with zero attached hydrogens (tertiary/aromatic N) is 2. The molecule has 1 unspecified atom stereocenters. The van der Waals surface area contributed by atoms with E-state index in [1.807, 2.05) is 18.5 Å². The van der Waals surface area contributed by atoms with Crippen LogP contribution in [0.3, 0.4) is 0 Å². The molecule has 4 heteroatoms. The zero-order valence-electron chi connectivity index (χ0n) is 11.4. The Kier molecular flexibility index (Phi) is 3.36. The quantitative estimate of drug-likeness (QED) is 0.871. The molecule has 1 atom stereocenters. The average molecular weight is 244 g/mol. The number of H-pyrrole nitrogens is 1. The summed E-state index contributed by atoms with van der Waals surface area (Å²) < 4.78 is 0. The smallest absolute Gasteiger partial charge is 0.128 e. The largest absolute Gasteiger partial charge is 0.360 e. The molecule has 0 aliphatic carbocycles. The summed E-state index contributed by atoms with van der Waals surface area (Å²) in [7, 11) is 0. The van der Waals surface area contributed by atoms with E-state index in [2.05, 4.69) is 54.0 Å². The molecule has 0 aliphatic rings. The van der Waals surface area contributed by atoms with Gasteiger partial charge in [0.05, 0.1) is 6.04 Å². The molecule has 18 heavy (non-hydrogen) atoms. The van der Waals surface area contributed by atoms with Gasteiger partial charge >= 0.3 is 0 Å². The molecule has 4 nitrogen and oxygen atoms in total. The molecule has 0 bridgehead atoms. The standard InChI is InChI=1S/C14H20N4/c1-10(13-15-7-8-16-13)18-12-6-5-11(9-17-12)14(2,3)4/h5-10H,1-4H3,(H,15,16)(H,17,18). The summed E-state index contributed by atoms with van der Waals surface area (Å²) in [6.07, 6.45) is 5.50. The van der Waals surface area contributed by atoms with Gasteiger partial charge in [0.15, 0.2) is 0 Å². The molecule has 2 N–H and O–H groups in total. The zero-order chi connectivity index (χ0) is 13.2. The summed E-state index contributed by atoms with van der Waals surface area (Å²) in [5, 5.41) is 3.32. The van der Waals surface area contributed by atoms with Crippen molar-refractivity contribution in [1.82, 2.24) is 15.0 Å². The van der Waals surface area contributed by atoms with E-state index in [1.165, 1.54) is 5.56 Å². The van der Waals surface area contributed by atoms with Crippen LogP contribution in [0.15, 0.2) is 30.7 Å². The Hall–Kier alpha value is -1.84. The minimum absolute atomic E-state index is 0.119. The Morgan fingerprint density at radius 2 is 2.00 bits per heavy atom. The van der Waals surface area contributed by atoms with Crippen molar-refractivity contribution in [2.45, 2.75) is 39.2 Å². The van der Waals surface area contributed by atoms with Crippen LogP contribution in [-0.4, -0.2) is 15.0 Å². The third-order valence-electron chi connectivity index (χ3n) is 2.92. The molecule has 0 radical (unpaired) electrons. The number of nitrogens with one attached hydrogen (secondary N) is 2. The predicted molar refractivity (Wildman–Crippen MR) is 73.6 cm³/mol. The second kappa shape index (κ2) is 4.80. The van der Waals surface area contributed by atoms with E-state index < -0.39 is 0 Å². The lowest BCUT2D eigenvalue weighted by Gasteiger charge is -2.19. The van der Waals surface area contributed by atoms with Crippen molar-refractivity contribution in [2.75, 3.05) is 5.32 Å². The summed E-state index contributed by atoms with van der Waals surface area (Å²) in [5.74, 6) is 1.78. The van der Waals surface area contributed by atoms with Crippen LogP contribution in [-0.2, 0) is 5.41 Å². The molecule has 0 fully saturated rings. The van der Waals surface area contributed by atoms with E-state index in [-0.39, 0.29) is 11.5 Å². The number of pyridine rings is 1. The number of anilines is 1. The van der Waals surface area contributed by atoms with Crippen molar-refractivity contribution in [2.24, 2.45) is 0 Å². The maximum Gasteiger partial charge on any atom is 0.128 e. The Balaban J connectivity index is 2.07. The van der Waals surface area contributed by atoms with Crippen LogP contribution in [0.4, 0.5) is 5.82 Å². The summed E-state index contributed by atoms with van der Waals surface area (Å²) >= 11 is 0. The lowest BCUT2D eigenvalue weighted by atomic mass is 9.88. The molecule has 2 rings (SSSR count). The predicted octanol–water partition coefficient (Wildman–Crippen LogP) is 3.28. The number of aromatic nitrogens is 3. The fraction of sp³-hybridized carbons (Fsp3) is 0.429. The SMILES string of the molecule is CC(Nc1ccc(C(C)(C)C)cn1)c1ncc[nH]1. The first-order valence-electron chi connectivity index (χ1n) is 6.19. The van der Waals surface area contributed by atoms with Crippen LogP contribution in [0.1, 0.15) is 45.1 Å². The molecule has 0 aliphatic heterocycles. The van der Waals surface area contributed by atoms with E-state index in [4.69, 9.17) is 0 Å². The Labute approximate surface area is 108 Å². The maximum atomic E-state index is 4.44. The maximum absolute atomic E-state index is 4.44. The Morgan fingerprint density at radius 1 is 1.22 bits per heavy atom. The fourth-order valence-electron chi connectivity index (χ4n) is 1.73. The highest BCUT2D eigenvalue weighted by atomic mass is 15.1. The topological polar surface area (TPSA) is 53.6 Å². The average Bonchev–Trinajstić information content (AvgIpc) is 2.82. The molecule has 0 saturated carbocycles. The molecule has 0 spiro atoms. The van der Waals surface area contributed by atoms with Crippen LogP contribution in [0.25, 0.3) is 0 Å². The van der Waals surface area contributed by atoms with Gasteiger partial charge in [-0.2, -0.15) is 0 Å². The third kappa shape index (κ3) is 2.88. The highest BCUT2D eigenvalue weighted by Crippen LogP contribution is 2.22. The summed E-state index contributed by atoms with van der Waals surface area (Å²) in [5.41, 5.74) is 1.37. The second-order valence-corrected chi connectivity index (χ2v) is 5.52.